The molecule has 0 spiro atoms. The largest absolute Gasteiger partial charge is 0.494 e. The smallest absolute Gasteiger partial charge is 0.239 e. The fourth-order valence-electron chi connectivity index (χ4n) is 6.25. The van der Waals surface area contributed by atoms with Gasteiger partial charge in [-0.3, -0.25) is 9.59 Å². The van der Waals surface area contributed by atoms with E-state index < -0.39 is 17.3 Å². The molecule has 3 aromatic rings. The number of carbonyl (C=O) groups is 2. The number of imide groups is 1. The third-order valence-electron chi connectivity index (χ3n) is 7.35. The van der Waals surface area contributed by atoms with Crippen molar-refractivity contribution in [3.63, 3.8) is 0 Å². The highest BCUT2D eigenvalue weighted by atomic mass is 16.5. The van der Waals surface area contributed by atoms with Crippen molar-refractivity contribution in [1.29, 1.82) is 0 Å². The summed E-state index contributed by atoms with van der Waals surface area (Å²) in [5.74, 6) is -1.32. The maximum Gasteiger partial charge on any atom is 0.239 e. The van der Waals surface area contributed by atoms with Gasteiger partial charge in [-0.2, -0.15) is 0 Å². The molecule has 7 rings (SSSR count). The first-order chi connectivity index (χ1) is 16.1. The monoisotopic (exact) mass is 438 g/mol. The van der Waals surface area contributed by atoms with Crippen molar-refractivity contribution in [1.82, 2.24) is 0 Å². The number of hydrogen-bond acceptors (Lipinski definition) is 5. The highest BCUT2D eigenvalue weighted by Gasteiger charge is 2.68. The molecule has 3 aliphatic carbocycles. The summed E-state index contributed by atoms with van der Waals surface area (Å²) in [4.78, 5) is 29.2. The molecule has 6 nitrogen and oxygen atoms in total. The van der Waals surface area contributed by atoms with Crippen molar-refractivity contribution >= 4 is 23.7 Å². The van der Waals surface area contributed by atoms with Gasteiger partial charge in [0, 0.05) is 5.92 Å². The van der Waals surface area contributed by atoms with Gasteiger partial charge in [-0.05, 0) is 53.4 Å². The molecule has 33 heavy (non-hydrogen) atoms. The Morgan fingerprint density at radius 3 is 2.12 bits per heavy atom. The van der Waals surface area contributed by atoms with Crippen molar-refractivity contribution in [3.8, 4) is 5.75 Å². The molecule has 3 aromatic carbocycles. The molecule has 6 heteroatoms. The molecule has 4 aliphatic rings. The normalized spacial score (nSPS) is 26.9. The summed E-state index contributed by atoms with van der Waals surface area (Å²) >= 11 is 0. The minimum absolute atomic E-state index is 0.223. The number of hydrogen-bond donors (Lipinski definition) is 1. The molecule has 0 unspecified atom stereocenters. The van der Waals surface area contributed by atoms with Gasteiger partial charge in [-0.1, -0.05) is 48.5 Å². The standard InChI is InChI=1S/C27H22N2O4/c1-2-33-17-13-11-16(12-14-17)29-25(30)23-22-18-7-3-5-9-20(18)27(15-28-32,24(23)26(29)31)21-10-6-4-8-19(21)22/h3-15,22-24,32H,2H2,1H3/t22?,23-,24+,27?/m0/s1. The van der Waals surface area contributed by atoms with Crippen LogP contribution >= 0.6 is 0 Å². The maximum atomic E-state index is 14.0. The van der Waals surface area contributed by atoms with E-state index in [2.05, 4.69) is 5.16 Å². The van der Waals surface area contributed by atoms with Gasteiger partial charge in [0.05, 0.1) is 35.8 Å². The number of oxime groups is 1. The van der Waals surface area contributed by atoms with Crippen molar-refractivity contribution in [2.75, 3.05) is 11.5 Å². The Balaban J connectivity index is 1.58. The maximum absolute atomic E-state index is 14.0. The van der Waals surface area contributed by atoms with Crippen LogP contribution in [0.1, 0.15) is 35.1 Å². The van der Waals surface area contributed by atoms with Crippen LogP contribution in [0.15, 0.2) is 78.0 Å². The SMILES string of the molecule is CCOc1ccc(N2C(=O)[C@H]3C4c5ccccc5C(C=NO)(c5ccccc54)[C@H]3C2=O)cc1. The Bertz CT molecular complexity index is 1270. The minimum Gasteiger partial charge on any atom is -0.494 e. The molecule has 164 valence electrons. The van der Waals surface area contributed by atoms with Gasteiger partial charge in [0.15, 0.2) is 0 Å². The summed E-state index contributed by atoms with van der Waals surface area (Å²) in [6, 6.07) is 22.8. The number of amides is 2. The zero-order valence-electron chi connectivity index (χ0n) is 18.0. The third-order valence-corrected chi connectivity index (χ3v) is 7.35. The summed E-state index contributed by atoms with van der Waals surface area (Å²) < 4.78 is 5.51. The first-order valence-electron chi connectivity index (χ1n) is 11.1. The van der Waals surface area contributed by atoms with Crippen LogP contribution in [-0.2, 0) is 15.0 Å². The lowest BCUT2D eigenvalue weighted by atomic mass is 9.47. The van der Waals surface area contributed by atoms with Gasteiger partial charge in [0.25, 0.3) is 0 Å². The summed E-state index contributed by atoms with van der Waals surface area (Å²) in [7, 11) is 0. The fraction of sp³-hybridized carbons (Fsp3) is 0.222. The topological polar surface area (TPSA) is 79.2 Å². The zero-order chi connectivity index (χ0) is 22.7. The van der Waals surface area contributed by atoms with E-state index in [-0.39, 0.29) is 17.7 Å². The van der Waals surface area contributed by atoms with Gasteiger partial charge < -0.3 is 9.94 Å². The van der Waals surface area contributed by atoms with Gasteiger partial charge in [0.2, 0.25) is 11.8 Å². The van der Waals surface area contributed by atoms with E-state index in [1.807, 2.05) is 55.5 Å². The number of anilines is 1. The minimum atomic E-state index is -1.02. The summed E-state index contributed by atoms with van der Waals surface area (Å²) in [6.45, 7) is 2.44. The van der Waals surface area contributed by atoms with Crippen LogP contribution in [-0.4, -0.2) is 29.8 Å². The third kappa shape index (κ3) is 2.40. The first kappa shape index (κ1) is 19.7. The molecule has 1 N–H and O–H groups in total. The zero-order valence-corrected chi connectivity index (χ0v) is 18.0. The molecule has 2 amide bonds. The Hall–Kier alpha value is -3.93. The molecule has 1 fully saturated rings. The number of benzene rings is 3. The van der Waals surface area contributed by atoms with Crippen LogP contribution in [0.25, 0.3) is 0 Å². The lowest BCUT2D eigenvalue weighted by Crippen LogP contribution is -2.54. The molecule has 1 aliphatic heterocycles. The second kappa shape index (κ2) is 7.04. The van der Waals surface area contributed by atoms with Crippen LogP contribution in [0.5, 0.6) is 5.75 Å². The Kier molecular flexibility index (Phi) is 4.21. The van der Waals surface area contributed by atoms with E-state index in [1.165, 1.54) is 11.1 Å². The van der Waals surface area contributed by atoms with Crippen molar-refractivity contribution < 1.29 is 19.5 Å². The number of nitrogens with zero attached hydrogens (tertiary/aromatic N) is 2. The van der Waals surface area contributed by atoms with Crippen LogP contribution < -0.4 is 9.64 Å². The molecular formula is C27H22N2O4. The van der Waals surface area contributed by atoms with Crippen LogP contribution in [0.4, 0.5) is 5.69 Å². The number of ether oxygens (including phenoxy) is 1. The summed E-state index contributed by atoms with van der Waals surface area (Å²) in [5, 5.41) is 13.2. The van der Waals surface area contributed by atoms with Gasteiger partial charge >= 0.3 is 0 Å². The fourth-order valence-corrected chi connectivity index (χ4v) is 6.25. The van der Waals surface area contributed by atoms with E-state index in [1.54, 1.807) is 24.3 Å². The van der Waals surface area contributed by atoms with E-state index in [0.29, 0.717) is 18.0 Å². The Morgan fingerprint density at radius 2 is 1.55 bits per heavy atom. The molecule has 0 radical (unpaired) electrons. The van der Waals surface area contributed by atoms with E-state index >= 15 is 0 Å². The summed E-state index contributed by atoms with van der Waals surface area (Å²) in [6.07, 6.45) is 1.45. The van der Waals surface area contributed by atoms with Gasteiger partial charge in [-0.25, -0.2) is 4.90 Å². The highest BCUT2D eigenvalue weighted by molar-refractivity contribution is 6.25. The van der Waals surface area contributed by atoms with E-state index in [9.17, 15) is 14.8 Å². The molecule has 0 saturated carbocycles. The van der Waals surface area contributed by atoms with Crippen LogP contribution in [0, 0.1) is 11.8 Å². The quantitative estimate of drug-likeness (QED) is 0.288. The average molecular weight is 438 g/mol. The molecule has 0 aromatic heterocycles. The van der Waals surface area contributed by atoms with Gasteiger partial charge in [-0.15, -0.1) is 5.16 Å². The lowest BCUT2D eigenvalue weighted by Gasteiger charge is -2.52. The predicted octanol–water partition coefficient (Wildman–Crippen LogP) is 4.10. The lowest BCUT2D eigenvalue weighted by molar-refractivity contribution is -0.122. The molecule has 1 heterocycles. The first-order valence-corrected chi connectivity index (χ1v) is 11.1. The van der Waals surface area contributed by atoms with E-state index in [0.717, 1.165) is 22.3 Å². The molecule has 2 bridgehead atoms. The number of carbonyl (C=O) groups excluding carboxylic acids is 2. The second-order valence-corrected chi connectivity index (χ2v) is 8.71. The Labute approximate surface area is 191 Å². The average Bonchev–Trinajstić information content (AvgIpc) is 3.11. The van der Waals surface area contributed by atoms with Crippen molar-refractivity contribution in [3.05, 3.63) is 95.1 Å². The highest BCUT2D eigenvalue weighted by Crippen LogP contribution is 2.63. The van der Waals surface area contributed by atoms with Crippen LogP contribution in [0.2, 0.25) is 0 Å². The molecular weight excluding hydrogens is 416 g/mol. The second-order valence-electron chi connectivity index (χ2n) is 8.71. The Morgan fingerprint density at radius 1 is 0.939 bits per heavy atom. The van der Waals surface area contributed by atoms with Crippen molar-refractivity contribution in [2.45, 2.75) is 18.3 Å². The van der Waals surface area contributed by atoms with Gasteiger partial charge in [0.1, 0.15) is 5.75 Å². The van der Waals surface area contributed by atoms with Crippen molar-refractivity contribution in [2.24, 2.45) is 17.0 Å². The predicted molar refractivity (Wildman–Crippen MR) is 123 cm³/mol. The molecule has 1 saturated heterocycles. The van der Waals surface area contributed by atoms with Crippen LogP contribution in [0.3, 0.4) is 0 Å². The van der Waals surface area contributed by atoms with E-state index in [4.69, 9.17) is 4.74 Å². The number of rotatable bonds is 4. The summed E-state index contributed by atoms with van der Waals surface area (Å²) in [5.41, 5.74) is 3.35. The molecule has 2 atom stereocenters.